The van der Waals surface area contributed by atoms with E-state index in [0.29, 0.717) is 12.8 Å². The van der Waals surface area contributed by atoms with E-state index in [9.17, 15) is 9.59 Å². The Hall–Kier alpha value is -1.14. The molecule has 0 saturated heterocycles. The third kappa shape index (κ3) is 6.03. The Morgan fingerprint density at radius 3 is 2.47 bits per heavy atom. The number of aliphatic hydroxyl groups excluding tert-OH is 1. The Morgan fingerprint density at radius 2 is 2.07 bits per heavy atom. The average molecular weight is 218 g/mol. The van der Waals surface area contributed by atoms with Crippen LogP contribution in [-0.2, 0) is 9.59 Å². The molecule has 2 atom stereocenters. The van der Waals surface area contributed by atoms with Gasteiger partial charge in [-0.05, 0) is 12.8 Å². The van der Waals surface area contributed by atoms with Gasteiger partial charge in [0.1, 0.15) is 0 Å². The van der Waals surface area contributed by atoms with E-state index in [-0.39, 0.29) is 19.1 Å². The number of carbonyl (C=O) groups is 2. The lowest BCUT2D eigenvalue weighted by Crippen LogP contribution is -2.46. The smallest absolute Gasteiger partial charge is 0.305 e. The molecule has 15 heavy (non-hydrogen) atoms. The zero-order valence-electron chi connectivity index (χ0n) is 8.77. The van der Waals surface area contributed by atoms with Gasteiger partial charge in [-0.1, -0.05) is 6.92 Å². The van der Waals surface area contributed by atoms with E-state index >= 15 is 0 Å². The van der Waals surface area contributed by atoms with Gasteiger partial charge in [0.15, 0.2) is 0 Å². The van der Waals surface area contributed by atoms with Gasteiger partial charge in [-0.25, -0.2) is 0 Å². The second-order valence-corrected chi connectivity index (χ2v) is 3.33. The molecule has 5 N–H and O–H groups in total. The zero-order valence-corrected chi connectivity index (χ0v) is 8.77. The topological polar surface area (TPSA) is 113 Å². The molecule has 0 aliphatic rings. The third-order valence-electron chi connectivity index (χ3n) is 2.05. The monoisotopic (exact) mass is 218 g/mol. The zero-order chi connectivity index (χ0) is 11.8. The van der Waals surface area contributed by atoms with Crippen LogP contribution in [0.3, 0.4) is 0 Å². The number of nitrogens with one attached hydrogen (secondary N) is 1. The molecule has 0 heterocycles. The minimum absolute atomic E-state index is 0.0209. The summed E-state index contributed by atoms with van der Waals surface area (Å²) in [7, 11) is 0. The van der Waals surface area contributed by atoms with Crippen LogP contribution in [0.1, 0.15) is 26.2 Å². The van der Waals surface area contributed by atoms with Gasteiger partial charge < -0.3 is 21.3 Å². The fourth-order valence-electron chi connectivity index (χ4n) is 1.12. The van der Waals surface area contributed by atoms with Crippen molar-refractivity contribution in [2.24, 2.45) is 5.73 Å². The Morgan fingerprint density at radius 1 is 1.47 bits per heavy atom. The van der Waals surface area contributed by atoms with Crippen molar-refractivity contribution in [3.8, 4) is 0 Å². The van der Waals surface area contributed by atoms with Crippen molar-refractivity contribution in [1.29, 1.82) is 0 Å². The van der Waals surface area contributed by atoms with Gasteiger partial charge in [0.25, 0.3) is 0 Å². The van der Waals surface area contributed by atoms with Gasteiger partial charge in [-0.15, -0.1) is 0 Å². The minimum Gasteiger partial charge on any atom is -0.481 e. The van der Waals surface area contributed by atoms with Crippen LogP contribution in [0.25, 0.3) is 0 Å². The third-order valence-corrected chi connectivity index (χ3v) is 2.05. The summed E-state index contributed by atoms with van der Waals surface area (Å²) in [6.07, 6.45) is 0.732. The quantitative estimate of drug-likeness (QED) is 0.441. The van der Waals surface area contributed by atoms with E-state index in [1.807, 2.05) is 6.92 Å². The number of amides is 1. The molecular formula is C9H18N2O4. The molecule has 6 nitrogen and oxygen atoms in total. The standard InChI is InChI=1S/C9H18N2O4/c1-2-6(3-4-12)11-9(15)7(10)5-8(13)14/h6-7,12H,2-5,10H2,1H3,(H,11,15)(H,13,14). The molecule has 2 unspecified atom stereocenters. The van der Waals surface area contributed by atoms with Crippen LogP contribution in [-0.4, -0.2) is 40.8 Å². The van der Waals surface area contributed by atoms with Crippen LogP contribution in [0.4, 0.5) is 0 Å². The fraction of sp³-hybridized carbons (Fsp3) is 0.778. The van der Waals surface area contributed by atoms with Crippen molar-refractivity contribution >= 4 is 11.9 Å². The fourth-order valence-corrected chi connectivity index (χ4v) is 1.12. The molecule has 0 aromatic rings. The number of nitrogens with two attached hydrogens (primary N) is 1. The Balaban J connectivity index is 4.03. The van der Waals surface area contributed by atoms with E-state index < -0.39 is 17.9 Å². The number of carboxylic acids is 1. The molecule has 0 aliphatic heterocycles. The molecule has 6 heteroatoms. The molecule has 0 aromatic heterocycles. The summed E-state index contributed by atoms with van der Waals surface area (Å²) in [4.78, 5) is 21.6. The number of aliphatic hydroxyl groups is 1. The lowest BCUT2D eigenvalue weighted by Gasteiger charge is -2.18. The minimum atomic E-state index is -1.10. The van der Waals surface area contributed by atoms with Crippen molar-refractivity contribution in [2.75, 3.05) is 6.61 Å². The Labute approximate surface area is 88.5 Å². The number of carboxylic acid groups (broad SMARTS) is 1. The highest BCUT2D eigenvalue weighted by Gasteiger charge is 2.19. The van der Waals surface area contributed by atoms with Crippen LogP contribution in [0.15, 0.2) is 0 Å². The highest BCUT2D eigenvalue weighted by atomic mass is 16.4. The van der Waals surface area contributed by atoms with Gasteiger partial charge in [0.05, 0.1) is 12.5 Å². The van der Waals surface area contributed by atoms with E-state index in [0.717, 1.165) is 0 Å². The highest BCUT2D eigenvalue weighted by Crippen LogP contribution is 1.98. The van der Waals surface area contributed by atoms with Gasteiger partial charge in [-0.2, -0.15) is 0 Å². The molecule has 1 amide bonds. The van der Waals surface area contributed by atoms with Crippen LogP contribution >= 0.6 is 0 Å². The van der Waals surface area contributed by atoms with Crippen molar-refractivity contribution in [3.05, 3.63) is 0 Å². The maximum Gasteiger partial charge on any atom is 0.305 e. The number of rotatable bonds is 7. The molecule has 0 saturated carbocycles. The number of hydrogen-bond donors (Lipinski definition) is 4. The summed E-state index contributed by atoms with van der Waals surface area (Å²) in [6.45, 7) is 1.84. The van der Waals surface area contributed by atoms with E-state index in [1.54, 1.807) is 0 Å². The van der Waals surface area contributed by atoms with E-state index in [1.165, 1.54) is 0 Å². The summed E-state index contributed by atoms with van der Waals surface area (Å²) in [5.41, 5.74) is 5.36. The molecule has 0 aliphatic carbocycles. The number of aliphatic carboxylic acids is 1. The van der Waals surface area contributed by atoms with Gasteiger partial charge in [-0.3, -0.25) is 9.59 Å². The second-order valence-electron chi connectivity index (χ2n) is 3.33. The molecule has 0 bridgehead atoms. The molecule has 88 valence electrons. The summed E-state index contributed by atoms with van der Waals surface area (Å²) < 4.78 is 0. The predicted octanol–water partition coefficient (Wildman–Crippen LogP) is -0.934. The Bertz CT molecular complexity index is 220. The first kappa shape index (κ1) is 13.9. The van der Waals surface area contributed by atoms with Gasteiger partial charge in [0, 0.05) is 12.6 Å². The van der Waals surface area contributed by atoms with Crippen molar-refractivity contribution in [2.45, 2.75) is 38.3 Å². The predicted molar refractivity (Wildman–Crippen MR) is 54.2 cm³/mol. The summed E-state index contributed by atoms with van der Waals surface area (Å²) in [6, 6.07) is -1.18. The SMILES string of the molecule is CCC(CCO)NC(=O)C(N)CC(=O)O. The molecule has 0 rings (SSSR count). The van der Waals surface area contributed by atoms with Crippen LogP contribution in [0.2, 0.25) is 0 Å². The number of hydrogen-bond acceptors (Lipinski definition) is 4. The Kier molecular flexibility index (Phi) is 6.64. The summed E-state index contributed by atoms with van der Waals surface area (Å²) in [5.74, 6) is -1.59. The maximum absolute atomic E-state index is 11.3. The largest absolute Gasteiger partial charge is 0.481 e. The normalized spacial score (nSPS) is 14.3. The van der Waals surface area contributed by atoms with E-state index in [2.05, 4.69) is 5.32 Å². The maximum atomic E-state index is 11.3. The second kappa shape index (κ2) is 7.19. The van der Waals surface area contributed by atoms with Crippen LogP contribution in [0.5, 0.6) is 0 Å². The molecule has 0 spiro atoms. The van der Waals surface area contributed by atoms with E-state index in [4.69, 9.17) is 15.9 Å². The average Bonchev–Trinajstić information content (AvgIpc) is 2.15. The molecule has 0 fully saturated rings. The molecule has 0 aromatic carbocycles. The first-order valence-electron chi connectivity index (χ1n) is 4.89. The first-order chi connectivity index (χ1) is 7.01. The summed E-state index contributed by atoms with van der Waals surface area (Å²) >= 11 is 0. The van der Waals surface area contributed by atoms with Crippen LogP contribution < -0.4 is 11.1 Å². The summed E-state index contributed by atoms with van der Waals surface area (Å²) in [5, 5.41) is 19.7. The van der Waals surface area contributed by atoms with Crippen molar-refractivity contribution in [1.82, 2.24) is 5.32 Å². The number of carbonyl (C=O) groups excluding carboxylic acids is 1. The lowest BCUT2D eigenvalue weighted by molar-refractivity contribution is -0.139. The molecular weight excluding hydrogens is 200 g/mol. The van der Waals surface area contributed by atoms with Crippen LogP contribution in [0, 0.1) is 0 Å². The molecule has 0 radical (unpaired) electrons. The van der Waals surface area contributed by atoms with Crippen molar-refractivity contribution < 1.29 is 19.8 Å². The first-order valence-corrected chi connectivity index (χ1v) is 4.89. The van der Waals surface area contributed by atoms with Gasteiger partial charge >= 0.3 is 5.97 Å². The van der Waals surface area contributed by atoms with Gasteiger partial charge in [0.2, 0.25) is 5.91 Å². The lowest BCUT2D eigenvalue weighted by atomic mass is 10.1. The van der Waals surface area contributed by atoms with Crippen molar-refractivity contribution in [3.63, 3.8) is 0 Å². The highest BCUT2D eigenvalue weighted by molar-refractivity contribution is 5.86.